The van der Waals surface area contributed by atoms with E-state index in [-0.39, 0.29) is 31.4 Å². The maximum absolute atomic E-state index is 14.4. The first kappa shape index (κ1) is 23.5. The molecule has 2 aromatic carbocycles. The molecule has 0 saturated carbocycles. The molecule has 1 saturated heterocycles. The summed E-state index contributed by atoms with van der Waals surface area (Å²) in [5.74, 6) is -0.915. The van der Waals surface area contributed by atoms with Crippen molar-refractivity contribution in [3.63, 3.8) is 0 Å². The molecule has 2 aliphatic rings. The van der Waals surface area contributed by atoms with Gasteiger partial charge < -0.3 is 20.1 Å². The number of amides is 3. The molecule has 0 radical (unpaired) electrons. The second kappa shape index (κ2) is 10.5. The van der Waals surface area contributed by atoms with Gasteiger partial charge >= 0.3 is 6.09 Å². The van der Waals surface area contributed by atoms with Crippen molar-refractivity contribution >= 4 is 23.6 Å². The third-order valence-corrected chi connectivity index (χ3v) is 5.98. The third kappa shape index (κ3) is 5.63. The second-order valence-corrected chi connectivity index (χ2v) is 8.35. The molecular formula is C24H27FN4O5. The van der Waals surface area contributed by atoms with Crippen molar-refractivity contribution in [2.45, 2.75) is 25.9 Å². The van der Waals surface area contributed by atoms with Gasteiger partial charge in [0, 0.05) is 42.0 Å². The molecule has 2 heterocycles. The molecule has 34 heavy (non-hydrogen) atoms. The summed E-state index contributed by atoms with van der Waals surface area (Å²) in [4.78, 5) is 38.6. The number of likely N-dealkylation sites (tertiary alicyclic amines) is 1. The normalized spacial score (nSPS) is 15.3. The van der Waals surface area contributed by atoms with E-state index < -0.39 is 12.0 Å². The second-order valence-electron chi connectivity index (χ2n) is 8.35. The first-order valence-electron chi connectivity index (χ1n) is 11.2. The van der Waals surface area contributed by atoms with Gasteiger partial charge in [-0.1, -0.05) is 6.07 Å². The first-order valence-corrected chi connectivity index (χ1v) is 11.2. The molecule has 1 fully saturated rings. The van der Waals surface area contributed by atoms with Crippen LogP contribution in [0.5, 0.6) is 5.75 Å². The van der Waals surface area contributed by atoms with Crippen LogP contribution in [0.4, 0.5) is 14.9 Å². The number of imide groups is 1. The number of carboxylic acid groups (broad SMARTS) is 1. The Morgan fingerprint density at radius 2 is 1.94 bits per heavy atom. The standard InChI is InChI=1S/C24H27FN4O5/c25-20-7-6-17(34-11-10-28-8-1-2-9-28)12-16(20)13-26-21-5-3-4-18-19(21)14-29(23(18)31)15-22(30)27-24(32)33/h3-7,12,26H,1-2,8-11,13-15H2,(H,27,30)(H,32,33). The maximum atomic E-state index is 14.4. The van der Waals surface area contributed by atoms with Gasteiger partial charge in [-0.15, -0.1) is 0 Å². The number of halogens is 1. The van der Waals surface area contributed by atoms with Gasteiger partial charge in [-0.3, -0.25) is 19.8 Å². The van der Waals surface area contributed by atoms with E-state index in [1.807, 2.05) is 0 Å². The van der Waals surface area contributed by atoms with Gasteiger partial charge in [0.1, 0.15) is 24.7 Å². The zero-order chi connectivity index (χ0) is 24.1. The Morgan fingerprint density at radius 3 is 2.71 bits per heavy atom. The first-order chi connectivity index (χ1) is 16.4. The predicted octanol–water partition coefficient (Wildman–Crippen LogP) is 2.66. The fourth-order valence-electron chi connectivity index (χ4n) is 4.28. The van der Waals surface area contributed by atoms with Gasteiger partial charge in [0.2, 0.25) is 5.91 Å². The molecule has 0 aromatic heterocycles. The molecule has 10 heteroatoms. The van der Waals surface area contributed by atoms with Crippen LogP contribution in [0.15, 0.2) is 36.4 Å². The maximum Gasteiger partial charge on any atom is 0.411 e. The Kier molecular flexibility index (Phi) is 7.27. The molecule has 2 aromatic rings. The smallest absolute Gasteiger partial charge is 0.411 e. The topological polar surface area (TPSA) is 111 Å². The molecule has 3 N–H and O–H groups in total. The highest BCUT2D eigenvalue weighted by molar-refractivity contribution is 6.02. The minimum atomic E-state index is -1.47. The van der Waals surface area contributed by atoms with Crippen molar-refractivity contribution in [3.05, 3.63) is 58.9 Å². The molecule has 0 atom stereocenters. The molecule has 0 bridgehead atoms. The number of carbonyl (C=O) groups excluding carboxylic acids is 2. The largest absolute Gasteiger partial charge is 0.492 e. The number of nitrogens with zero attached hydrogens (tertiary/aromatic N) is 2. The molecular weight excluding hydrogens is 443 g/mol. The van der Waals surface area contributed by atoms with Crippen molar-refractivity contribution in [2.75, 3.05) is 38.1 Å². The Morgan fingerprint density at radius 1 is 1.15 bits per heavy atom. The van der Waals surface area contributed by atoms with E-state index in [0.29, 0.717) is 34.7 Å². The van der Waals surface area contributed by atoms with Gasteiger partial charge in [-0.25, -0.2) is 9.18 Å². The van der Waals surface area contributed by atoms with Crippen LogP contribution < -0.4 is 15.4 Å². The molecule has 0 unspecified atom stereocenters. The van der Waals surface area contributed by atoms with Gasteiger partial charge in [-0.05, 0) is 56.3 Å². The Bertz CT molecular complexity index is 1090. The molecule has 180 valence electrons. The minimum absolute atomic E-state index is 0.145. The molecule has 0 spiro atoms. The minimum Gasteiger partial charge on any atom is -0.492 e. The molecule has 0 aliphatic carbocycles. The van der Waals surface area contributed by atoms with Crippen LogP contribution in [-0.4, -0.2) is 65.6 Å². The fraction of sp³-hybridized carbons (Fsp3) is 0.375. The highest BCUT2D eigenvalue weighted by Crippen LogP contribution is 2.30. The zero-order valence-electron chi connectivity index (χ0n) is 18.7. The highest BCUT2D eigenvalue weighted by atomic mass is 19.1. The number of hydrogen-bond donors (Lipinski definition) is 3. The number of rotatable bonds is 9. The Balaban J connectivity index is 1.38. The van der Waals surface area contributed by atoms with Gasteiger partial charge in [0.25, 0.3) is 5.91 Å². The molecule has 9 nitrogen and oxygen atoms in total. The van der Waals surface area contributed by atoms with E-state index in [1.165, 1.54) is 23.8 Å². The van der Waals surface area contributed by atoms with Crippen molar-refractivity contribution < 1.29 is 28.6 Å². The zero-order valence-corrected chi connectivity index (χ0v) is 18.7. The van der Waals surface area contributed by atoms with Crippen LogP contribution in [-0.2, 0) is 17.9 Å². The monoisotopic (exact) mass is 470 g/mol. The number of anilines is 1. The average Bonchev–Trinajstić information content (AvgIpc) is 3.42. The lowest BCUT2D eigenvalue weighted by atomic mass is 10.1. The summed E-state index contributed by atoms with van der Waals surface area (Å²) < 4.78 is 20.2. The van der Waals surface area contributed by atoms with E-state index in [9.17, 15) is 18.8 Å². The van der Waals surface area contributed by atoms with E-state index in [4.69, 9.17) is 9.84 Å². The summed E-state index contributed by atoms with van der Waals surface area (Å²) in [6.45, 7) is 3.52. The number of ether oxygens (including phenoxy) is 1. The summed E-state index contributed by atoms with van der Waals surface area (Å²) in [5.41, 5.74) is 2.17. The quantitative estimate of drug-likeness (QED) is 0.517. The van der Waals surface area contributed by atoms with Crippen molar-refractivity contribution in [3.8, 4) is 5.75 Å². The SMILES string of the molecule is O=C(O)NC(=O)CN1Cc2c(NCc3cc(OCCN4CCCC4)ccc3F)cccc2C1=O. The van der Waals surface area contributed by atoms with Crippen LogP contribution in [0.2, 0.25) is 0 Å². The number of nitrogens with one attached hydrogen (secondary N) is 2. The number of fused-ring (bicyclic) bond motifs is 1. The average molecular weight is 471 g/mol. The van der Waals surface area contributed by atoms with E-state index in [2.05, 4.69) is 10.2 Å². The third-order valence-electron chi connectivity index (χ3n) is 5.98. The predicted molar refractivity (Wildman–Crippen MR) is 122 cm³/mol. The summed E-state index contributed by atoms with van der Waals surface area (Å²) in [6, 6.07) is 9.79. The Hall–Kier alpha value is -3.66. The summed E-state index contributed by atoms with van der Waals surface area (Å²) >= 11 is 0. The van der Waals surface area contributed by atoms with Crippen molar-refractivity contribution in [2.24, 2.45) is 0 Å². The number of carbonyl (C=O) groups is 3. The van der Waals surface area contributed by atoms with Gasteiger partial charge in [0.15, 0.2) is 0 Å². The fourth-order valence-corrected chi connectivity index (χ4v) is 4.28. The van der Waals surface area contributed by atoms with Crippen LogP contribution in [0, 0.1) is 5.82 Å². The summed E-state index contributed by atoms with van der Waals surface area (Å²) in [6.07, 6.45) is 0.962. The van der Waals surface area contributed by atoms with Crippen LogP contribution >= 0.6 is 0 Å². The lowest BCUT2D eigenvalue weighted by Gasteiger charge is -2.16. The van der Waals surface area contributed by atoms with Crippen molar-refractivity contribution in [1.82, 2.24) is 15.1 Å². The van der Waals surface area contributed by atoms with Crippen LogP contribution in [0.25, 0.3) is 0 Å². The van der Waals surface area contributed by atoms with Crippen LogP contribution in [0.1, 0.15) is 34.3 Å². The van der Waals surface area contributed by atoms with Crippen molar-refractivity contribution in [1.29, 1.82) is 0 Å². The van der Waals surface area contributed by atoms with E-state index >= 15 is 0 Å². The highest BCUT2D eigenvalue weighted by Gasteiger charge is 2.30. The van der Waals surface area contributed by atoms with Crippen LogP contribution in [0.3, 0.4) is 0 Å². The lowest BCUT2D eigenvalue weighted by molar-refractivity contribution is -0.121. The van der Waals surface area contributed by atoms with E-state index in [1.54, 1.807) is 35.6 Å². The summed E-state index contributed by atoms with van der Waals surface area (Å²) in [7, 11) is 0. The lowest BCUT2D eigenvalue weighted by Crippen LogP contribution is -2.39. The number of benzene rings is 2. The molecule has 4 rings (SSSR count). The Labute approximate surface area is 196 Å². The molecule has 2 aliphatic heterocycles. The van der Waals surface area contributed by atoms with Gasteiger partial charge in [-0.2, -0.15) is 0 Å². The van der Waals surface area contributed by atoms with Gasteiger partial charge in [0.05, 0.1) is 0 Å². The summed E-state index contributed by atoms with van der Waals surface area (Å²) in [5, 5.41) is 13.6. The van der Waals surface area contributed by atoms with E-state index in [0.717, 1.165) is 19.6 Å². The molecule has 3 amide bonds. The number of hydrogen-bond acceptors (Lipinski definition) is 6.